The molecule has 0 amide bonds. The third kappa shape index (κ3) is 2.92. The average Bonchev–Trinajstić information content (AvgIpc) is 2.39. The maximum atomic E-state index is 11.4. The van der Waals surface area contributed by atoms with Crippen LogP contribution in [0.2, 0.25) is 0 Å². The Hall–Kier alpha value is -2.13. The summed E-state index contributed by atoms with van der Waals surface area (Å²) < 4.78 is 5.62. The van der Waals surface area contributed by atoms with Crippen LogP contribution in [-0.4, -0.2) is 12.3 Å². The predicted octanol–water partition coefficient (Wildman–Crippen LogP) is 2.62. The molecule has 0 saturated carbocycles. The Morgan fingerprint density at radius 1 is 1.00 bits per heavy atom. The van der Waals surface area contributed by atoms with Crippen LogP contribution in [0.5, 0.6) is 11.5 Å². The van der Waals surface area contributed by atoms with E-state index >= 15 is 0 Å². The summed E-state index contributed by atoms with van der Waals surface area (Å²) in [5, 5.41) is 0. The summed E-state index contributed by atoms with van der Waals surface area (Å²) in [5.41, 5.74) is 5.89. The molecule has 2 aromatic carbocycles. The Morgan fingerprint density at radius 2 is 1.71 bits per heavy atom. The molecule has 0 bridgehead atoms. The zero-order chi connectivity index (χ0) is 12.1. The minimum absolute atomic E-state index is 0.00872. The second-order valence-corrected chi connectivity index (χ2v) is 3.57. The van der Waals surface area contributed by atoms with Crippen molar-refractivity contribution < 1.29 is 9.53 Å². The van der Waals surface area contributed by atoms with E-state index < -0.39 is 0 Å². The summed E-state index contributed by atoms with van der Waals surface area (Å²) in [6.45, 7) is 0.00872. The van der Waals surface area contributed by atoms with Crippen LogP contribution >= 0.6 is 0 Å². The maximum absolute atomic E-state index is 11.4. The Kier molecular flexibility index (Phi) is 3.52. The van der Waals surface area contributed by atoms with Crippen molar-refractivity contribution in [2.24, 2.45) is 5.73 Å². The molecule has 86 valence electrons. The number of carbonyl (C=O) groups excluding carboxylic acids is 1. The van der Waals surface area contributed by atoms with Gasteiger partial charge in [0.05, 0.1) is 6.54 Å². The topological polar surface area (TPSA) is 52.3 Å². The zero-order valence-corrected chi connectivity index (χ0v) is 9.30. The van der Waals surface area contributed by atoms with E-state index in [1.165, 1.54) is 0 Å². The molecule has 17 heavy (non-hydrogen) atoms. The van der Waals surface area contributed by atoms with Crippen molar-refractivity contribution in [1.29, 1.82) is 0 Å². The number of rotatable bonds is 4. The van der Waals surface area contributed by atoms with Gasteiger partial charge in [0, 0.05) is 5.56 Å². The summed E-state index contributed by atoms with van der Waals surface area (Å²) in [6, 6.07) is 16.4. The van der Waals surface area contributed by atoms with Gasteiger partial charge in [0.2, 0.25) is 0 Å². The Bertz CT molecular complexity index is 509. The number of hydrogen-bond donors (Lipinski definition) is 1. The summed E-state index contributed by atoms with van der Waals surface area (Å²) >= 11 is 0. The molecule has 0 aromatic heterocycles. The molecule has 0 radical (unpaired) electrons. The van der Waals surface area contributed by atoms with Gasteiger partial charge in [0.25, 0.3) is 0 Å². The molecule has 3 heteroatoms. The number of ketones is 1. The van der Waals surface area contributed by atoms with Gasteiger partial charge in [-0.15, -0.1) is 0 Å². The summed E-state index contributed by atoms with van der Waals surface area (Å²) in [5.74, 6) is 1.28. The van der Waals surface area contributed by atoms with Gasteiger partial charge in [0.15, 0.2) is 5.78 Å². The van der Waals surface area contributed by atoms with Crippen LogP contribution in [-0.2, 0) is 0 Å². The highest BCUT2D eigenvalue weighted by Gasteiger charge is 2.04. The van der Waals surface area contributed by atoms with E-state index in [1.54, 1.807) is 24.3 Å². The van der Waals surface area contributed by atoms with E-state index in [0.717, 1.165) is 5.75 Å². The first-order chi connectivity index (χ1) is 8.29. The van der Waals surface area contributed by atoms with E-state index in [1.807, 2.05) is 30.3 Å². The largest absolute Gasteiger partial charge is 0.457 e. The average molecular weight is 227 g/mol. The number of Topliss-reactive ketones (excluding diaryl/α,β-unsaturated/α-hetero) is 1. The van der Waals surface area contributed by atoms with Gasteiger partial charge in [-0.05, 0) is 24.3 Å². The van der Waals surface area contributed by atoms with Crippen LogP contribution in [0.1, 0.15) is 10.4 Å². The number of nitrogens with two attached hydrogens (primary N) is 1. The molecule has 0 fully saturated rings. The fourth-order valence-electron chi connectivity index (χ4n) is 1.48. The van der Waals surface area contributed by atoms with E-state index in [4.69, 9.17) is 10.5 Å². The fourth-order valence-corrected chi connectivity index (χ4v) is 1.48. The van der Waals surface area contributed by atoms with Crippen LogP contribution in [0.3, 0.4) is 0 Å². The standard InChI is InChI=1S/C14H13NO2/c15-10-14(16)11-5-4-8-13(9-11)17-12-6-2-1-3-7-12/h1-9H,10,15H2. The zero-order valence-electron chi connectivity index (χ0n) is 9.30. The Labute approximate surface area is 99.8 Å². The van der Waals surface area contributed by atoms with Gasteiger partial charge in [-0.2, -0.15) is 0 Å². The number of carbonyl (C=O) groups is 1. The van der Waals surface area contributed by atoms with Gasteiger partial charge in [-0.3, -0.25) is 4.79 Å². The van der Waals surface area contributed by atoms with Crippen LogP contribution in [0, 0.1) is 0 Å². The second-order valence-electron chi connectivity index (χ2n) is 3.57. The third-order valence-electron chi connectivity index (χ3n) is 2.32. The lowest BCUT2D eigenvalue weighted by molar-refractivity contribution is 0.100. The SMILES string of the molecule is NCC(=O)c1cccc(Oc2ccccc2)c1. The van der Waals surface area contributed by atoms with Crippen LogP contribution in [0.15, 0.2) is 54.6 Å². The van der Waals surface area contributed by atoms with Crippen LogP contribution in [0.25, 0.3) is 0 Å². The molecule has 0 saturated heterocycles. The smallest absolute Gasteiger partial charge is 0.176 e. The van der Waals surface area contributed by atoms with Crippen LogP contribution < -0.4 is 10.5 Å². The molecule has 3 nitrogen and oxygen atoms in total. The molecule has 0 unspecified atom stereocenters. The van der Waals surface area contributed by atoms with E-state index in [-0.39, 0.29) is 12.3 Å². The molecular weight excluding hydrogens is 214 g/mol. The minimum atomic E-state index is -0.0940. The molecule has 0 aliphatic carbocycles. The number of benzene rings is 2. The quantitative estimate of drug-likeness (QED) is 0.817. The summed E-state index contributed by atoms with van der Waals surface area (Å²) in [6.07, 6.45) is 0. The van der Waals surface area contributed by atoms with Gasteiger partial charge in [-0.25, -0.2) is 0 Å². The molecule has 0 atom stereocenters. The van der Waals surface area contributed by atoms with Gasteiger partial charge in [0.1, 0.15) is 11.5 Å². The van der Waals surface area contributed by atoms with Crippen molar-refractivity contribution in [2.45, 2.75) is 0 Å². The molecule has 0 spiro atoms. The highest BCUT2D eigenvalue weighted by atomic mass is 16.5. The second kappa shape index (κ2) is 5.27. The molecule has 0 aliphatic rings. The Balaban J connectivity index is 2.20. The van der Waals surface area contributed by atoms with Crippen molar-refractivity contribution in [3.05, 3.63) is 60.2 Å². The lowest BCUT2D eigenvalue weighted by Gasteiger charge is -2.06. The van der Waals surface area contributed by atoms with Crippen molar-refractivity contribution in [1.82, 2.24) is 0 Å². The van der Waals surface area contributed by atoms with Crippen molar-refractivity contribution >= 4 is 5.78 Å². The first-order valence-corrected chi connectivity index (χ1v) is 5.36. The molecule has 2 aromatic rings. The first kappa shape index (κ1) is 11.4. The summed E-state index contributed by atoms with van der Waals surface area (Å²) in [7, 11) is 0. The monoisotopic (exact) mass is 227 g/mol. The third-order valence-corrected chi connectivity index (χ3v) is 2.32. The maximum Gasteiger partial charge on any atom is 0.176 e. The predicted molar refractivity (Wildman–Crippen MR) is 66.3 cm³/mol. The lowest BCUT2D eigenvalue weighted by atomic mass is 10.1. The van der Waals surface area contributed by atoms with Gasteiger partial charge in [-0.1, -0.05) is 30.3 Å². The van der Waals surface area contributed by atoms with Crippen molar-refractivity contribution in [2.75, 3.05) is 6.54 Å². The normalized spacial score (nSPS) is 9.94. The molecule has 2 N–H and O–H groups in total. The van der Waals surface area contributed by atoms with Crippen molar-refractivity contribution in [3.8, 4) is 11.5 Å². The minimum Gasteiger partial charge on any atom is -0.457 e. The number of para-hydroxylation sites is 1. The van der Waals surface area contributed by atoms with E-state index in [9.17, 15) is 4.79 Å². The molecular formula is C14H13NO2. The van der Waals surface area contributed by atoms with Crippen LogP contribution in [0.4, 0.5) is 0 Å². The molecule has 0 aliphatic heterocycles. The number of ether oxygens (including phenoxy) is 1. The highest BCUT2D eigenvalue weighted by molar-refractivity contribution is 5.97. The number of hydrogen-bond acceptors (Lipinski definition) is 3. The van der Waals surface area contributed by atoms with E-state index in [2.05, 4.69) is 0 Å². The molecule has 0 heterocycles. The first-order valence-electron chi connectivity index (χ1n) is 5.36. The summed E-state index contributed by atoms with van der Waals surface area (Å²) in [4.78, 5) is 11.4. The van der Waals surface area contributed by atoms with Gasteiger partial charge < -0.3 is 10.5 Å². The van der Waals surface area contributed by atoms with E-state index in [0.29, 0.717) is 11.3 Å². The lowest BCUT2D eigenvalue weighted by Crippen LogP contribution is -2.13. The molecule has 2 rings (SSSR count). The van der Waals surface area contributed by atoms with Crippen molar-refractivity contribution in [3.63, 3.8) is 0 Å². The Morgan fingerprint density at radius 3 is 2.41 bits per heavy atom. The van der Waals surface area contributed by atoms with Gasteiger partial charge >= 0.3 is 0 Å². The highest BCUT2D eigenvalue weighted by Crippen LogP contribution is 2.21. The fraction of sp³-hybridized carbons (Fsp3) is 0.0714.